The average Bonchev–Trinajstić information content (AvgIpc) is 3.03. The Kier molecular flexibility index (Phi) is 8.07. The second-order valence-corrected chi connectivity index (χ2v) is 12.4. The van der Waals surface area contributed by atoms with Crippen molar-refractivity contribution in [3.63, 3.8) is 0 Å². The van der Waals surface area contributed by atoms with Gasteiger partial charge >= 0.3 is 0 Å². The van der Waals surface area contributed by atoms with Gasteiger partial charge in [0.1, 0.15) is 5.60 Å². The van der Waals surface area contributed by atoms with Crippen molar-refractivity contribution in [2.45, 2.75) is 48.4 Å². The molecular weight excluding hydrogens is 560 g/mol. The predicted octanol–water partition coefficient (Wildman–Crippen LogP) is 6.16. The summed E-state index contributed by atoms with van der Waals surface area (Å²) in [5.41, 5.74) is -1.82. The van der Waals surface area contributed by atoms with Crippen LogP contribution < -0.4 is 5.32 Å². The number of benzene rings is 2. The third-order valence-corrected chi connectivity index (χ3v) is 10.1. The smallest absolute Gasteiger partial charge is 0.255 e. The molecule has 4 rings (SSSR count). The molecule has 6 nitrogen and oxygen atoms in total. The summed E-state index contributed by atoms with van der Waals surface area (Å²) >= 11 is 6.24. The topological polar surface area (TPSA) is 95.8 Å². The van der Waals surface area contributed by atoms with Crippen molar-refractivity contribution in [1.29, 1.82) is 0 Å². The molecule has 12 heteroatoms. The zero-order valence-corrected chi connectivity index (χ0v) is 22.3. The Morgan fingerprint density at radius 3 is 2.26 bits per heavy atom. The minimum absolute atomic E-state index is 0.0708. The highest BCUT2D eigenvalue weighted by Crippen LogP contribution is 2.55. The fourth-order valence-electron chi connectivity index (χ4n) is 5.55. The molecule has 2 atom stereocenters. The number of sulfone groups is 1. The Bertz CT molecular complexity index is 1470. The summed E-state index contributed by atoms with van der Waals surface area (Å²) in [6.45, 7) is 4.73. The molecule has 2 bridgehead atoms. The van der Waals surface area contributed by atoms with Crippen LogP contribution in [-0.4, -0.2) is 37.0 Å². The van der Waals surface area contributed by atoms with Crippen LogP contribution in [0, 0.1) is 29.3 Å². The maximum absolute atomic E-state index is 13.7. The molecule has 2 aliphatic carbocycles. The van der Waals surface area contributed by atoms with Crippen molar-refractivity contribution in [3.05, 3.63) is 82.0 Å². The molecule has 2 fully saturated rings. The number of aliphatic imine (C=N–C) groups is 1. The van der Waals surface area contributed by atoms with E-state index in [9.17, 15) is 35.9 Å². The fourth-order valence-corrected chi connectivity index (χ4v) is 7.95. The second-order valence-electron chi connectivity index (χ2n) is 9.75. The van der Waals surface area contributed by atoms with E-state index in [2.05, 4.69) is 17.0 Å². The van der Waals surface area contributed by atoms with Crippen LogP contribution in [0.2, 0.25) is 5.02 Å². The van der Waals surface area contributed by atoms with E-state index in [4.69, 9.17) is 11.6 Å². The number of amides is 1. The van der Waals surface area contributed by atoms with Crippen LogP contribution in [0.3, 0.4) is 0 Å². The Morgan fingerprint density at radius 2 is 1.72 bits per heavy atom. The van der Waals surface area contributed by atoms with E-state index < -0.39 is 61.7 Å². The van der Waals surface area contributed by atoms with Gasteiger partial charge in [-0.3, -0.25) is 9.79 Å². The largest absolute Gasteiger partial charge is 0.383 e. The van der Waals surface area contributed by atoms with Gasteiger partial charge in [-0.25, -0.2) is 26.0 Å². The van der Waals surface area contributed by atoms with Crippen LogP contribution in [0.5, 0.6) is 0 Å². The molecule has 39 heavy (non-hydrogen) atoms. The number of hydrogen-bond donors (Lipinski definition) is 2. The Morgan fingerprint density at radius 1 is 1.13 bits per heavy atom. The number of halogens is 5. The van der Waals surface area contributed by atoms with E-state index >= 15 is 0 Å². The van der Waals surface area contributed by atoms with Crippen LogP contribution in [0.15, 0.2) is 63.9 Å². The molecular formula is C27H25ClF4N2O4S. The normalized spacial score (nSPS) is 25.5. The minimum Gasteiger partial charge on any atom is -0.383 e. The van der Waals surface area contributed by atoms with Gasteiger partial charge < -0.3 is 10.4 Å². The van der Waals surface area contributed by atoms with Crippen LogP contribution in [0.1, 0.15) is 43.0 Å². The Hall–Kier alpha value is -3.02. The van der Waals surface area contributed by atoms with Gasteiger partial charge in [0.2, 0.25) is 0 Å². The molecule has 2 saturated carbocycles. The van der Waals surface area contributed by atoms with Crippen LogP contribution >= 0.6 is 11.6 Å². The molecule has 0 radical (unpaired) electrons. The summed E-state index contributed by atoms with van der Waals surface area (Å²) in [6.07, 6.45) is 3.71. The summed E-state index contributed by atoms with van der Waals surface area (Å²) < 4.78 is 81.0. The standard InChI is InChI=1S/C27H25ClF4N2O4S/c1-14(29)3-8-24(33-2)27(36)16-5-6-17(27)11-19(10-16)39(37,38)23-9-15(4-7-20(23)28)26(35)34-18-12-21(30)25(32)22(31)13-18/h3-4,7-9,12-13,16-17,19,36H,2,5-6,10-11H2,1H3,(H,34,35)/b14-3+,24-8-. The van der Waals surface area contributed by atoms with E-state index in [1.165, 1.54) is 25.1 Å². The molecule has 0 heterocycles. The lowest BCUT2D eigenvalue weighted by Gasteiger charge is -2.42. The highest BCUT2D eigenvalue weighted by atomic mass is 35.5. The van der Waals surface area contributed by atoms with Crippen molar-refractivity contribution in [3.8, 4) is 0 Å². The molecule has 2 unspecified atom stereocenters. The number of carbonyl (C=O) groups excluding carboxylic acids is 1. The highest BCUT2D eigenvalue weighted by molar-refractivity contribution is 7.92. The molecule has 0 spiro atoms. The highest BCUT2D eigenvalue weighted by Gasteiger charge is 2.57. The summed E-state index contributed by atoms with van der Waals surface area (Å²) in [5.74, 6) is -7.06. The van der Waals surface area contributed by atoms with Crippen LogP contribution in [0.4, 0.5) is 23.2 Å². The van der Waals surface area contributed by atoms with E-state index in [1.807, 2.05) is 0 Å². The number of hydrogen-bond acceptors (Lipinski definition) is 5. The van der Waals surface area contributed by atoms with Crippen molar-refractivity contribution in [2.75, 3.05) is 5.32 Å². The summed E-state index contributed by atoms with van der Waals surface area (Å²) in [5, 5.41) is 12.7. The Balaban J connectivity index is 1.61. The SMILES string of the molecule is C=N/C(=C\C=C(/C)F)C1(O)C2CCC1CC(S(=O)(=O)c1cc(C(=O)Nc3cc(F)c(F)c(F)c3)ccc1Cl)C2. The molecule has 0 saturated heterocycles. The van der Waals surface area contributed by atoms with Gasteiger partial charge in [-0.05, 0) is 81.5 Å². The first kappa shape index (κ1) is 29.0. The lowest BCUT2D eigenvalue weighted by molar-refractivity contribution is -0.0257. The molecule has 2 aromatic rings. The number of fused-ring (bicyclic) bond motifs is 2. The number of rotatable bonds is 7. The third-order valence-electron chi connectivity index (χ3n) is 7.44. The molecule has 0 aliphatic heterocycles. The van der Waals surface area contributed by atoms with Gasteiger partial charge in [0.15, 0.2) is 27.3 Å². The quantitative estimate of drug-likeness (QED) is 0.176. The number of anilines is 1. The summed E-state index contributed by atoms with van der Waals surface area (Å²) in [7, 11) is -4.11. The zero-order chi connectivity index (χ0) is 28.7. The number of allylic oxidation sites excluding steroid dienone is 3. The first-order valence-electron chi connectivity index (χ1n) is 12.0. The van der Waals surface area contributed by atoms with E-state index in [-0.39, 0.29) is 39.7 Å². The first-order valence-corrected chi connectivity index (χ1v) is 13.9. The number of carbonyl (C=O) groups is 1. The molecule has 2 aromatic carbocycles. The van der Waals surface area contributed by atoms with Crippen LogP contribution in [0.25, 0.3) is 0 Å². The number of nitrogens with zero attached hydrogens (tertiary/aromatic N) is 1. The third kappa shape index (κ3) is 5.39. The van der Waals surface area contributed by atoms with Crippen molar-refractivity contribution in [1.82, 2.24) is 0 Å². The van der Waals surface area contributed by atoms with Gasteiger partial charge in [-0.1, -0.05) is 11.6 Å². The van der Waals surface area contributed by atoms with Gasteiger partial charge in [-0.15, -0.1) is 0 Å². The number of aliphatic hydroxyl groups is 1. The molecule has 1 amide bonds. The van der Waals surface area contributed by atoms with Crippen molar-refractivity contribution < 1.29 is 35.9 Å². The van der Waals surface area contributed by atoms with E-state index in [1.54, 1.807) is 0 Å². The van der Waals surface area contributed by atoms with Crippen molar-refractivity contribution >= 4 is 39.8 Å². The summed E-state index contributed by atoms with van der Waals surface area (Å²) in [6, 6.07) is 4.71. The monoisotopic (exact) mass is 584 g/mol. The molecule has 2 aliphatic rings. The molecule has 208 valence electrons. The average molecular weight is 585 g/mol. The van der Waals surface area contributed by atoms with Crippen molar-refractivity contribution in [2.24, 2.45) is 16.8 Å². The van der Waals surface area contributed by atoms with E-state index in [0.717, 1.165) is 12.1 Å². The number of nitrogens with one attached hydrogen (secondary N) is 1. The molecule has 0 aromatic heterocycles. The zero-order valence-electron chi connectivity index (χ0n) is 20.7. The predicted molar refractivity (Wildman–Crippen MR) is 140 cm³/mol. The van der Waals surface area contributed by atoms with Gasteiger partial charge in [0, 0.05) is 23.4 Å². The Labute approximate surface area is 228 Å². The lowest BCUT2D eigenvalue weighted by atomic mass is 9.72. The van der Waals surface area contributed by atoms with Crippen LogP contribution in [-0.2, 0) is 9.84 Å². The maximum Gasteiger partial charge on any atom is 0.255 e. The maximum atomic E-state index is 13.7. The van der Waals surface area contributed by atoms with Gasteiger partial charge in [0.05, 0.1) is 26.7 Å². The van der Waals surface area contributed by atoms with Gasteiger partial charge in [0.25, 0.3) is 5.91 Å². The summed E-state index contributed by atoms with van der Waals surface area (Å²) in [4.78, 5) is 16.3. The van der Waals surface area contributed by atoms with E-state index in [0.29, 0.717) is 25.0 Å². The minimum atomic E-state index is -4.11. The van der Waals surface area contributed by atoms with Gasteiger partial charge in [-0.2, -0.15) is 0 Å². The fraction of sp³-hybridized carbons (Fsp3) is 0.333. The molecule has 2 N–H and O–H groups in total. The lowest BCUT2D eigenvalue weighted by Crippen LogP contribution is -2.49. The second kappa shape index (κ2) is 10.9. The first-order chi connectivity index (χ1) is 18.3.